The zero-order valence-corrected chi connectivity index (χ0v) is 22.0. The third kappa shape index (κ3) is 4.47. The lowest BCUT2D eigenvalue weighted by Gasteiger charge is -2.34. The summed E-state index contributed by atoms with van der Waals surface area (Å²) in [6, 6.07) is 8.19. The highest BCUT2D eigenvalue weighted by Crippen LogP contribution is 2.34. The van der Waals surface area contributed by atoms with Gasteiger partial charge in [0.1, 0.15) is 5.65 Å². The first-order valence-corrected chi connectivity index (χ1v) is 12.8. The monoisotopic (exact) mass is 509 g/mol. The lowest BCUT2D eigenvalue weighted by Crippen LogP contribution is -2.44. The minimum Gasteiger partial charge on any atom is -0.368 e. The summed E-state index contributed by atoms with van der Waals surface area (Å²) < 4.78 is 0. The van der Waals surface area contributed by atoms with Gasteiger partial charge in [-0.05, 0) is 31.3 Å². The predicted molar refractivity (Wildman–Crippen MR) is 150 cm³/mol. The summed E-state index contributed by atoms with van der Waals surface area (Å²) in [4.78, 5) is 34.2. The average Bonchev–Trinajstić information content (AvgIpc) is 3.52. The molecule has 5 aromatic rings. The number of aromatic nitrogens is 6. The first-order valence-electron chi connectivity index (χ1n) is 12.8. The molecule has 194 valence electrons. The molecule has 10 nitrogen and oxygen atoms in total. The Morgan fingerprint density at radius 1 is 0.974 bits per heavy atom. The molecule has 0 unspecified atom stereocenters. The largest absolute Gasteiger partial charge is 0.368 e. The Kier molecular flexibility index (Phi) is 5.83. The van der Waals surface area contributed by atoms with E-state index in [0.29, 0.717) is 11.3 Å². The highest BCUT2D eigenvalue weighted by molar-refractivity contribution is 5.99. The number of rotatable bonds is 4. The number of nitrogens with one attached hydrogen (secondary N) is 3. The van der Waals surface area contributed by atoms with E-state index in [1.54, 1.807) is 18.6 Å². The second-order valence-corrected chi connectivity index (χ2v) is 10.9. The first kappa shape index (κ1) is 24.1. The summed E-state index contributed by atoms with van der Waals surface area (Å²) in [5.41, 5.74) is 6.29. The SMILES string of the molecule is CN1CCN(c2ccnc3[nH]c(-c4[nH]nc5ncc(-c6cncc(NC(=O)C(C)(C)C)c6)cc45)cc23)CC1. The molecule has 1 aliphatic rings. The van der Waals surface area contributed by atoms with Crippen molar-refractivity contribution in [3.63, 3.8) is 0 Å². The van der Waals surface area contributed by atoms with E-state index in [2.05, 4.69) is 64.4 Å². The predicted octanol–water partition coefficient (Wildman–Crippen LogP) is 4.30. The molecular formula is C28H31N9O. The standard InChI is InChI=1S/C28H31N9O/c1-28(2,3)27(38)32-19-11-17(14-29-16-19)18-12-21-24(34-35-26(21)31-15-18)22-13-20-23(5-6-30-25(20)33-22)37-9-7-36(4)8-10-37/h5-6,11-16H,7-10H2,1-4H3,(H,30,33)(H,32,38)(H,31,34,35). The van der Waals surface area contributed by atoms with Gasteiger partial charge in [0.15, 0.2) is 5.65 Å². The number of fused-ring (bicyclic) bond motifs is 2. The van der Waals surface area contributed by atoms with E-state index in [-0.39, 0.29) is 5.91 Å². The van der Waals surface area contributed by atoms with Crippen LogP contribution in [0, 0.1) is 5.41 Å². The van der Waals surface area contributed by atoms with Gasteiger partial charge in [0.2, 0.25) is 5.91 Å². The Balaban J connectivity index is 1.35. The van der Waals surface area contributed by atoms with Crippen molar-refractivity contribution in [2.45, 2.75) is 20.8 Å². The van der Waals surface area contributed by atoms with Gasteiger partial charge in [0, 0.05) is 77.8 Å². The molecule has 10 heteroatoms. The van der Waals surface area contributed by atoms with Crippen molar-refractivity contribution in [1.29, 1.82) is 0 Å². The molecule has 1 fully saturated rings. The quantitative estimate of drug-likeness (QED) is 0.330. The average molecular weight is 510 g/mol. The molecule has 1 aliphatic heterocycles. The number of nitrogens with zero attached hydrogens (tertiary/aromatic N) is 6. The van der Waals surface area contributed by atoms with Crippen LogP contribution < -0.4 is 10.2 Å². The lowest BCUT2D eigenvalue weighted by molar-refractivity contribution is -0.123. The van der Waals surface area contributed by atoms with Gasteiger partial charge in [-0.1, -0.05) is 20.8 Å². The highest BCUT2D eigenvalue weighted by atomic mass is 16.2. The van der Waals surface area contributed by atoms with Crippen molar-refractivity contribution in [3.8, 4) is 22.5 Å². The zero-order valence-electron chi connectivity index (χ0n) is 22.0. The van der Waals surface area contributed by atoms with Gasteiger partial charge < -0.3 is 20.1 Å². The number of H-pyrrole nitrogens is 2. The molecule has 0 atom stereocenters. The maximum Gasteiger partial charge on any atom is 0.229 e. The number of pyridine rings is 3. The fraction of sp³-hybridized carbons (Fsp3) is 0.321. The Hall–Kier alpha value is -4.31. The van der Waals surface area contributed by atoms with Gasteiger partial charge in [-0.25, -0.2) is 9.97 Å². The van der Waals surface area contributed by atoms with E-state index in [1.807, 2.05) is 39.1 Å². The third-order valence-electron chi connectivity index (χ3n) is 7.04. The van der Waals surface area contributed by atoms with E-state index in [0.717, 1.165) is 65.1 Å². The summed E-state index contributed by atoms with van der Waals surface area (Å²) in [6.45, 7) is 9.69. The molecule has 1 saturated heterocycles. The van der Waals surface area contributed by atoms with Gasteiger partial charge in [0.05, 0.1) is 23.3 Å². The minimum atomic E-state index is -0.499. The Bertz CT molecular complexity index is 1640. The maximum atomic E-state index is 12.5. The molecule has 0 aromatic carbocycles. The van der Waals surface area contributed by atoms with Gasteiger partial charge in [-0.3, -0.25) is 14.9 Å². The Labute approximate surface area is 220 Å². The Morgan fingerprint density at radius 2 is 1.76 bits per heavy atom. The van der Waals surface area contributed by atoms with Crippen LogP contribution in [0.25, 0.3) is 44.6 Å². The van der Waals surface area contributed by atoms with Gasteiger partial charge in [-0.15, -0.1) is 0 Å². The molecule has 6 heterocycles. The fourth-order valence-electron chi connectivity index (χ4n) is 4.72. The van der Waals surface area contributed by atoms with Crippen molar-refractivity contribution < 1.29 is 4.79 Å². The summed E-state index contributed by atoms with van der Waals surface area (Å²) in [5.74, 6) is -0.0643. The number of anilines is 2. The summed E-state index contributed by atoms with van der Waals surface area (Å²) in [5, 5.41) is 12.5. The van der Waals surface area contributed by atoms with Crippen LogP contribution in [-0.4, -0.2) is 74.2 Å². The smallest absolute Gasteiger partial charge is 0.229 e. The van der Waals surface area contributed by atoms with E-state index in [4.69, 9.17) is 0 Å². The molecule has 38 heavy (non-hydrogen) atoms. The molecule has 6 rings (SSSR count). The number of aromatic amines is 2. The Morgan fingerprint density at radius 3 is 2.55 bits per heavy atom. The second kappa shape index (κ2) is 9.21. The lowest BCUT2D eigenvalue weighted by atomic mass is 9.95. The van der Waals surface area contributed by atoms with Crippen LogP contribution in [0.2, 0.25) is 0 Å². The summed E-state index contributed by atoms with van der Waals surface area (Å²) in [7, 11) is 2.16. The molecule has 3 N–H and O–H groups in total. The zero-order chi connectivity index (χ0) is 26.4. The van der Waals surface area contributed by atoms with Gasteiger partial charge >= 0.3 is 0 Å². The number of carbonyl (C=O) groups is 1. The van der Waals surface area contributed by atoms with Crippen molar-refractivity contribution >= 4 is 39.3 Å². The van der Waals surface area contributed by atoms with E-state index >= 15 is 0 Å². The number of hydrogen-bond acceptors (Lipinski definition) is 7. The molecule has 0 saturated carbocycles. The van der Waals surface area contributed by atoms with Crippen LogP contribution >= 0.6 is 0 Å². The van der Waals surface area contributed by atoms with Crippen LogP contribution in [0.4, 0.5) is 11.4 Å². The number of carbonyl (C=O) groups excluding carboxylic acids is 1. The molecule has 0 aliphatic carbocycles. The van der Waals surface area contributed by atoms with Crippen molar-refractivity contribution in [1.82, 2.24) is 35.0 Å². The number of amides is 1. The third-order valence-corrected chi connectivity index (χ3v) is 7.04. The molecule has 0 radical (unpaired) electrons. The van der Waals surface area contributed by atoms with E-state index in [1.165, 1.54) is 5.69 Å². The van der Waals surface area contributed by atoms with Gasteiger partial charge in [0.25, 0.3) is 0 Å². The maximum absolute atomic E-state index is 12.5. The number of piperazine rings is 1. The molecular weight excluding hydrogens is 478 g/mol. The first-order chi connectivity index (χ1) is 18.3. The van der Waals surface area contributed by atoms with E-state index < -0.39 is 5.41 Å². The van der Waals surface area contributed by atoms with E-state index in [9.17, 15) is 4.79 Å². The second-order valence-electron chi connectivity index (χ2n) is 10.9. The minimum absolute atomic E-state index is 0.0643. The van der Waals surface area contributed by atoms with Gasteiger partial charge in [-0.2, -0.15) is 5.10 Å². The van der Waals surface area contributed by atoms with Crippen LogP contribution in [0.1, 0.15) is 20.8 Å². The molecule has 0 spiro atoms. The molecule has 5 aromatic heterocycles. The van der Waals surface area contributed by atoms with Crippen molar-refractivity contribution in [2.75, 3.05) is 43.4 Å². The number of hydrogen-bond donors (Lipinski definition) is 3. The topological polar surface area (TPSA) is 119 Å². The normalized spacial score (nSPS) is 14.9. The molecule has 1 amide bonds. The van der Waals surface area contributed by atoms with Crippen molar-refractivity contribution in [2.24, 2.45) is 5.41 Å². The van der Waals surface area contributed by atoms with Crippen molar-refractivity contribution in [3.05, 3.63) is 49.1 Å². The highest BCUT2D eigenvalue weighted by Gasteiger charge is 2.22. The fourth-order valence-corrected chi connectivity index (χ4v) is 4.72. The van der Waals surface area contributed by atoms with Crippen LogP contribution in [0.5, 0.6) is 0 Å². The van der Waals surface area contributed by atoms with Crippen LogP contribution in [0.3, 0.4) is 0 Å². The van der Waals surface area contributed by atoms with Crippen LogP contribution in [-0.2, 0) is 4.79 Å². The summed E-state index contributed by atoms with van der Waals surface area (Å²) in [6.07, 6.45) is 7.05. The number of likely N-dealkylation sites (N-methyl/N-ethyl adjacent to an activating group) is 1. The summed E-state index contributed by atoms with van der Waals surface area (Å²) >= 11 is 0. The molecule has 0 bridgehead atoms. The van der Waals surface area contributed by atoms with Crippen LogP contribution in [0.15, 0.2) is 49.1 Å².